The summed E-state index contributed by atoms with van der Waals surface area (Å²) in [7, 11) is 0. The van der Waals surface area contributed by atoms with Crippen LogP contribution in [0.25, 0.3) is 0 Å². The molecule has 27 heavy (non-hydrogen) atoms. The molecule has 1 amide bonds. The number of ether oxygens (including phenoxy) is 1. The van der Waals surface area contributed by atoms with E-state index in [2.05, 4.69) is 11.0 Å². The third-order valence-corrected chi connectivity index (χ3v) is 8.60. The van der Waals surface area contributed by atoms with E-state index < -0.39 is 0 Å². The zero-order valence-corrected chi connectivity index (χ0v) is 16.0. The molecule has 3 saturated heterocycles. The van der Waals surface area contributed by atoms with E-state index in [0.29, 0.717) is 6.42 Å². The molecule has 1 aliphatic carbocycles. The molecule has 4 fully saturated rings. The van der Waals surface area contributed by atoms with Crippen molar-refractivity contribution in [1.29, 1.82) is 0 Å². The second-order valence-corrected chi connectivity index (χ2v) is 9.18. The molecule has 1 aromatic rings. The Morgan fingerprint density at radius 3 is 3.00 bits per heavy atom. The lowest BCUT2D eigenvalue weighted by molar-refractivity contribution is -0.232. The number of amides is 1. The van der Waals surface area contributed by atoms with E-state index in [-0.39, 0.29) is 34.3 Å². The molecule has 1 aromatic carbocycles. The minimum absolute atomic E-state index is 0.0996. The van der Waals surface area contributed by atoms with Gasteiger partial charge >= 0.3 is 0 Å². The van der Waals surface area contributed by atoms with Gasteiger partial charge in [0.1, 0.15) is 11.5 Å². The summed E-state index contributed by atoms with van der Waals surface area (Å²) in [6.07, 6.45) is 7.22. The number of para-hydroxylation sites is 1. The van der Waals surface area contributed by atoms with Crippen LogP contribution in [0.5, 0.6) is 5.75 Å². The lowest BCUT2D eigenvalue weighted by Crippen LogP contribution is -2.73. The Balaban J connectivity index is 1.66. The lowest BCUT2D eigenvalue weighted by atomic mass is 9.50. The largest absolute Gasteiger partial charge is 0.506 e. The van der Waals surface area contributed by atoms with Crippen molar-refractivity contribution in [3.63, 3.8) is 0 Å². The van der Waals surface area contributed by atoms with Crippen LogP contribution in [0.2, 0.25) is 0 Å². The standard InChI is InChI=1S/C22H28N2O3/c1-2-18(26)24-17-7-9-20-8-4-12-23-13-10-21(17,22(20,23)27-14-11-20)15-5-3-6-16(25)19(15)24/h3,5-6,17,25H,2,4,7-14H2,1H3/t17-,20+,21-,22-/m0/s1. The van der Waals surface area contributed by atoms with Crippen LogP contribution >= 0.6 is 0 Å². The zero-order valence-electron chi connectivity index (χ0n) is 16.0. The van der Waals surface area contributed by atoms with Crippen LogP contribution in [-0.4, -0.2) is 47.4 Å². The van der Waals surface area contributed by atoms with Crippen LogP contribution in [0.1, 0.15) is 57.4 Å². The van der Waals surface area contributed by atoms with Crippen molar-refractivity contribution < 1.29 is 14.6 Å². The van der Waals surface area contributed by atoms with Crippen molar-refractivity contribution in [3.8, 4) is 5.75 Å². The Hall–Kier alpha value is -1.59. The Bertz CT molecular complexity index is 841. The van der Waals surface area contributed by atoms with Crippen molar-refractivity contribution >= 4 is 11.6 Å². The maximum atomic E-state index is 13.1. The molecule has 4 aliphatic heterocycles. The van der Waals surface area contributed by atoms with Gasteiger partial charge in [0, 0.05) is 31.5 Å². The second-order valence-electron chi connectivity index (χ2n) is 9.18. The normalized spacial score (nSPS) is 41.8. The number of carbonyl (C=O) groups is 1. The monoisotopic (exact) mass is 368 g/mol. The number of phenols is 1. The SMILES string of the molecule is CCC(=O)N1c2c(O)cccc2[C@]23CCN4CCC[C@]5(CCO[C@@]452)CC[C@H]13. The predicted octanol–water partition coefficient (Wildman–Crippen LogP) is 3.15. The summed E-state index contributed by atoms with van der Waals surface area (Å²) < 4.78 is 6.80. The molecule has 0 aromatic heterocycles. The molecule has 4 heterocycles. The number of fused-ring (bicyclic) bond motifs is 1. The van der Waals surface area contributed by atoms with Gasteiger partial charge in [-0.05, 0) is 50.2 Å². The Morgan fingerprint density at radius 2 is 2.15 bits per heavy atom. The molecule has 4 atom stereocenters. The Morgan fingerprint density at radius 1 is 1.26 bits per heavy atom. The number of phenolic OH excluding ortho intramolecular Hbond substituents is 1. The number of aromatic hydroxyl groups is 1. The van der Waals surface area contributed by atoms with Gasteiger partial charge < -0.3 is 14.7 Å². The summed E-state index contributed by atoms with van der Waals surface area (Å²) in [6, 6.07) is 5.95. The lowest BCUT2D eigenvalue weighted by Gasteiger charge is -2.62. The van der Waals surface area contributed by atoms with Gasteiger partial charge in [-0.25, -0.2) is 0 Å². The van der Waals surface area contributed by atoms with E-state index in [4.69, 9.17) is 4.74 Å². The first-order chi connectivity index (χ1) is 13.1. The topological polar surface area (TPSA) is 53.0 Å². The molecule has 1 saturated carbocycles. The molecule has 5 aliphatic rings. The van der Waals surface area contributed by atoms with Crippen LogP contribution in [0.15, 0.2) is 18.2 Å². The summed E-state index contributed by atoms with van der Waals surface area (Å²) in [4.78, 5) is 17.6. The molecule has 1 N–H and O–H groups in total. The van der Waals surface area contributed by atoms with Crippen LogP contribution in [0, 0.1) is 5.41 Å². The van der Waals surface area contributed by atoms with E-state index in [0.717, 1.165) is 56.6 Å². The summed E-state index contributed by atoms with van der Waals surface area (Å²) in [5.74, 6) is 0.364. The highest BCUT2D eigenvalue weighted by Gasteiger charge is 2.79. The summed E-state index contributed by atoms with van der Waals surface area (Å²) in [6.45, 7) is 4.86. The van der Waals surface area contributed by atoms with Gasteiger partial charge in [-0.1, -0.05) is 19.1 Å². The van der Waals surface area contributed by atoms with E-state index >= 15 is 0 Å². The molecule has 2 spiro atoms. The predicted molar refractivity (Wildman–Crippen MR) is 102 cm³/mol. The molecule has 144 valence electrons. The van der Waals surface area contributed by atoms with Crippen LogP contribution in [0.3, 0.4) is 0 Å². The number of piperidine rings is 1. The van der Waals surface area contributed by atoms with Crippen molar-refractivity contribution in [2.75, 3.05) is 24.6 Å². The van der Waals surface area contributed by atoms with Gasteiger partial charge in [-0.3, -0.25) is 9.69 Å². The number of anilines is 1. The van der Waals surface area contributed by atoms with Gasteiger partial charge in [0.2, 0.25) is 5.91 Å². The highest BCUT2D eigenvalue weighted by atomic mass is 16.5. The molecule has 0 radical (unpaired) electrons. The van der Waals surface area contributed by atoms with E-state index in [9.17, 15) is 9.90 Å². The Kier molecular flexibility index (Phi) is 3.07. The fourth-order valence-electron chi connectivity index (χ4n) is 7.92. The molecular formula is C22H28N2O3. The molecular weight excluding hydrogens is 340 g/mol. The van der Waals surface area contributed by atoms with Crippen molar-refractivity contribution in [2.45, 2.75) is 69.1 Å². The van der Waals surface area contributed by atoms with Gasteiger partial charge in [0.05, 0.1) is 17.1 Å². The minimum Gasteiger partial charge on any atom is -0.506 e. The number of nitrogens with zero attached hydrogens (tertiary/aromatic N) is 2. The zero-order chi connectivity index (χ0) is 18.4. The number of benzene rings is 1. The van der Waals surface area contributed by atoms with E-state index in [1.807, 2.05) is 17.9 Å². The van der Waals surface area contributed by atoms with Crippen LogP contribution < -0.4 is 4.90 Å². The first-order valence-electron chi connectivity index (χ1n) is 10.6. The number of rotatable bonds is 1. The minimum atomic E-state index is -0.299. The molecule has 0 bridgehead atoms. The van der Waals surface area contributed by atoms with Gasteiger partial charge in [-0.2, -0.15) is 0 Å². The number of hydrogen-bond acceptors (Lipinski definition) is 4. The number of carbonyl (C=O) groups excluding carboxylic acids is 1. The highest BCUT2D eigenvalue weighted by molar-refractivity contribution is 5.99. The molecule has 5 heteroatoms. The van der Waals surface area contributed by atoms with Gasteiger partial charge in [-0.15, -0.1) is 0 Å². The van der Waals surface area contributed by atoms with Crippen LogP contribution in [0.4, 0.5) is 5.69 Å². The third-order valence-electron chi connectivity index (χ3n) is 8.60. The van der Waals surface area contributed by atoms with E-state index in [1.165, 1.54) is 12.8 Å². The second kappa shape index (κ2) is 5.06. The highest BCUT2D eigenvalue weighted by Crippen LogP contribution is 2.73. The summed E-state index contributed by atoms with van der Waals surface area (Å²) >= 11 is 0. The van der Waals surface area contributed by atoms with Gasteiger partial charge in [0.15, 0.2) is 0 Å². The maximum absolute atomic E-state index is 13.1. The quantitative estimate of drug-likeness (QED) is 0.827. The smallest absolute Gasteiger partial charge is 0.227 e. The van der Waals surface area contributed by atoms with Gasteiger partial charge in [0.25, 0.3) is 0 Å². The molecule has 0 unspecified atom stereocenters. The molecule has 6 rings (SSSR count). The fraction of sp³-hybridized carbons (Fsp3) is 0.682. The van der Waals surface area contributed by atoms with Crippen molar-refractivity contribution in [1.82, 2.24) is 4.90 Å². The third kappa shape index (κ3) is 1.53. The summed E-state index contributed by atoms with van der Waals surface area (Å²) in [5.41, 5.74) is 1.62. The van der Waals surface area contributed by atoms with E-state index in [1.54, 1.807) is 6.07 Å². The Labute approximate surface area is 160 Å². The van der Waals surface area contributed by atoms with Crippen molar-refractivity contribution in [3.05, 3.63) is 23.8 Å². The summed E-state index contributed by atoms with van der Waals surface area (Å²) in [5, 5.41) is 10.8. The molecule has 5 nitrogen and oxygen atoms in total. The van der Waals surface area contributed by atoms with Crippen LogP contribution in [-0.2, 0) is 14.9 Å². The fourth-order valence-corrected chi connectivity index (χ4v) is 7.92. The average Bonchev–Trinajstić information content (AvgIpc) is 3.32. The maximum Gasteiger partial charge on any atom is 0.227 e. The average molecular weight is 368 g/mol. The first-order valence-corrected chi connectivity index (χ1v) is 10.6. The first kappa shape index (κ1) is 16.4. The van der Waals surface area contributed by atoms with Crippen molar-refractivity contribution in [2.24, 2.45) is 5.41 Å². The number of hydrogen-bond donors (Lipinski definition) is 1.